The van der Waals surface area contributed by atoms with Crippen molar-refractivity contribution in [3.63, 3.8) is 0 Å². The monoisotopic (exact) mass is 384 g/mol. The average Bonchev–Trinajstić information content (AvgIpc) is 3.35. The molecule has 6 heteroatoms. The Morgan fingerprint density at radius 3 is 2.44 bits per heavy atom. The van der Waals surface area contributed by atoms with E-state index in [0.717, 1.165) is 11.3 Å². The Hall–Kier alpha value is -1.76. The molecular formula is C19H16N2OS3. The van der Waals surface area contributed by atoms with Crippen LogP contribution in [0.3, 0.4) is 0 Å². The van der Waals surface area contributed by atoms with Crippen molar-refractivity contribution >= 4 is 45.9 Å². The molecular weight excluding hydrogens is 368 g/mol. The van der Waals surface area contributed by atoms with Crippen LogP contribution in [-0.2, 0) is 0 Å². The summed E-state index contributed by atoms with van der Waals surface area (Å²) in [5.74, 6) is 2.28. The van der Waals surface area contributed by atoms with E-state index in [1.807, 2.05) is 71.4 Å². The first-order valence-corrected chi connectivity index (χ1v) is 10.9. The second-order valence-corrected chi connectivity index (χ2v) is 9.14. The fourth-order valence-electron chi connectivity index (χ4n) is 2.58. The van der Waals surface area contributed by atoms with Crippen LogP contribution in [0.5, 0.6) is 0 Å². The smallest absolute Gasteiger partial charge is 0.257 e. The van der Waals surface area contributed by atoms with Gasteiger partial charge in [-0.3, -0.25) is 10.1 Å². The van der Waals surface area contributed by atoms with Crippen LogP contribution < -0.4 is 5.32 Å². The summed E-state index contributed by atoms with van der Waals surface area (Å²) >= 11 is 5.38. The number of nitrogens with zero attached hydrogens (tertiary/aromatic N) is 1. The number of rotatable bonds is 4. The van der Waals surface area contributed by atoms with Gasteiger partial charge in [0.1, 0.15) is 0 Å². The minimum absolute atomic E-state index is 0.118. The Morgan fingerprint density at radius 1 is 1.00 bits per heavy atom. The van der Waals surface area contributed by atoms with Crippen molar-refractivity contribution in [2.75, 3.05) is 16.8 Å². The summed E-state index contributed by atoms with van der Waals surface area (Å²) in [7, 11) is 0. The zero-order valence-corrected chi connectivity index (χ0v) is 15.8. The number of carbonyl (C=O) groups is 1. The molecule has 1 aromatic heterocycles. The van der Waals surface area contributed by atoms with Crippen LogP contribution >= 0.6 is 34.9 Å². The van der Waals surface area contributed by atoms with Crippen LogP contribution in [-0.4, -0.2) is 22.4 Å². The minimum atomic E-state index is -0.118. The summed E-state index contributed by atoms with van der Waals surface area (Å²) in [5, 5.41) is 5.48. The average molecular weight is 385 g/mol. The molecule has 3 aromatic rings. The number of anilines is 1. The van der Waals surface area contributed by atoms with Gasteiger partial charge in [0.25, 0.3) is 5.91 Å². The van der Waals surface area contributed by atoms with E-state index in [-0.39, 0.29) is 5.91 Å². The molecule has 0 unspecified atom stereocenters. The lowest BCUT2D eigenvalue weighted by Crippen LogP contribution is -2.11. The standard InChI is InChI=1S/C19H16N2OS3/c22-17(14-6-8-15(9-7-14)18-23-10-11-24-18)21-19-20-16(12-25-19)13-4-2-1-3-5-13/h1-9,12,18H,10-11H2,(H,20,21,22). The Bertz CT molecular complexity index is 856. The first-order valence-electron chi connectivity index (χ1n) is 7.95. The summed E-state index contributed by atoms with van der Waals surface area (Å²) < 4.78 is 0.504. The molecule has 1 amide bonds. The van der Waals surface area contributed by atoms with Crippen LogP contribution in [0.15, 0.2) is 60.0 Å². The Labute approximate surface area is 159 Å². The van der Waals surface area contributed by atoms with Crippen LogP contribution in [0, 0.1) is 0 Å². The predicted molar refractivity (Wildman–Crippen MR) is 110 cm³/mol. The van der Waals surface area contributed by atoms with Gasteiger partial charge in [-0.1, -0.05) is 42.5 Å². The lowest BCUT2D eigenvalue weighted by Gasteiger charge is -2.09. The number of hydrogen-bond donors (Lipinski definition) is 1. The molecule has 25 heavy (non-hydrogen) atoms. The molecule has 0 radical (unpaired) electrons. The summed E-state index contributed by atoms with van der Waals surface area (Å²) in [4.78, 5) is 16.9. The molecule has 1 N–H and O–H groups in total. The lowest BCUT2D eigenvalue weighted by atomic mass is 10.1. The molecule has 1 aliphatic heterocycles. The van der Waals surface area contributed by atoms with Gasteiger partial charge in [-0.25, -0.2) is 4.98 Å². The molecule has 0 saturated carbocycles. The third kappa shape index (κ3) is 3.92. The number of nitrogens with one attached hydrogen (secondary N) is 1. The highest BCUT2D eigenvalue weighted by molar-refractivity contribution is 8.19. The number of benzene rings is 2. The molecule has 1 fully saturated rings. The van der Waals surface area contributed by atoms with E-state index < -0.39 is 0 Å². The predicted octanol–water partition coefficient (Wildman–Crippen LogP) is 5.54. The molecule has 1 aliphatic rings. The molecule has 0 atom stereocenters. The highest BCUT2D eigenvalue weighted by Gasteiger charge is 2.18. The third-order valence-corrected chi connectivity index (χ3v) is 7.72. The van der Waals surface area contributed by atoms with Crippen molar-refractivity contribution in [3.8, 4) is 11.3 Å². The summed E-state index contributed by atoms with van der Waals surface area (Å²) in [6.07, 6.45) is 0. The van der Waals surface area contributed by atoms with Crippen molar-refractivity contribution in [2.45, 2.75) is 4.58 Å². The Balaban J connectivity index is 1.44. The van der Waals surface area contributed by atoms with E-state index in [9.17, 15) is 4.79 Å². The maximum Gasteiger partial charge on any atom is 0.257 e. The van der Waals surface area contributed by atoms with E-state index in [1.165, 1.54) is 28.4 Å². The maximum absolute atomic E-state index is 12.4. The Morgan fingerprint density at radius 2 is 1.72 bits per heavy atom. The fraction of sp³-hybridized carbons (Fsp3) is 0.158. The number of thioether (sulfide) groups is 2. The minimum Gasteiger partial charge on any atom is -0.298 e. The van der Waals surface area contributed by atoms with Crippen molar-refractivity contribution in [3.05, 3.63) is 71.1 Å². The topological polar surface area (TPSA) is 42.0 Å². The first-order chi connectivity index (χ1) is 12.3. The number of hydrogen-bond acceptors (Lipinski definition) is 5. The highest BCUT2D eigenvalue weighted by atomic mass is 32.2. The van der Waals surface area contributed by atoms with E-state index in [2.05, 4.69) is 22.4 Å². The SMILES string of the molecule is O=C(Nc1nc(-c2ccccc2)cs1)c1ccc(C2SCCS2)cc1. The number of carbonyl (C=O) groups excluding carboxylic acids is 1. The highest BCUT2D eigenvalue weighted by Crippen LogP contribution is 2.45. The molecule has 2 aromatic carbocycles. The zero-order valence-electron chi connectivity index (χ0n) is 13.3. The molecule has 0 bridgehead atoms. The molecule has 126 valence electrons. The molecule has 0 aliphatic carbocycles. The van der Waals surface area contributed by atoms with Crippen LogP contribution in [0.4, 0.5) is 5.13 Å². The van der Waals surface area contributed by atoms with Gasteiger partial charge in [0.05, 0.1) is 10.3 Å². The number of thiazole rings is 1. The largest absolute Gasteiger partial charge is 0.298 e. The van der Waals surface area contributed by atoms with E-state index in [1.54, 1.807) is 0 Å². The summed E-state index contributed by atoms with van der Waals surface area (Å²) in [6.45, 7) is 0. The van der Waals surface area contributed by atoms with Gasteiger partial charge in [-0.15, -0.1) is 34.9 Å². The van der Waals surface area contributed by atoms with Crippen molar-refractivity contribution in [1.82, 2.24) is 4.98 Å². The first kappa shape index (κ1) is 16.7. The normalized spacial score (nSPS) is 14.6. The fourth-order valence-corrected chi connectivity index (χ4v) is 6.16. The quantitative estimate of drug-likeness (QED) is 0.641. The maximum atomic E-state index is 12.4. The molecule has 4 rings (SSSR count). The van der Waals surface area contributed by atoms with Crippen LogP contribution in [0.2, 0.25) is 0 Å². The van der Waals surface area contributed by atoms with Crippen molar-refractivity contribution < 1.29 is 4.79 Å². The van der Waals surface area contributed by atoms with Crippen molar-refractivity contribution in [2.24, 2.45) is 0 Å². The molecule has 3 nitrogen and oxygen atoms in total. The van der Waals surface area contributed by atoms with Gasteiger partial charge in [-0.05, 0) is 17.7 Å². The van der Waals surface area contributed by atoms with Gasteiger partial charge in [-0.2, -0.15) is 0 Å². The molecule has 0 spiro atoms. The van der Waals surface area contributed by atoms with Gasteiger partial charge in [0, 0.05) is 28.0 Å². The van der Waals surface area contributed by atoms with E-state index in [4.69, 9.17) is 0 Å². The van der Waals surface area contributed by atoms with Crippen molar-refractivity contribution in [1.29, 1.82) is 0 Å². The summed E-state index contributed by atoms with van der Waals surface area (Å²) in [5.41, 5.74) is 3.87. The number of aromatic nitrogens is 1. The third-order valence-electron chi connectivity index (χ3n) is 3.86. The van der Waals surface area contributed by atoms with E-state index in [0.29, 0.717) is 15.3 Å². The molecule has 2 heterocycles. The van der Waals surface area contributed by atoms with Gasteiger partial charge in [0.2, 0.25) is 0 Å². The zero-order chi connectivity index (χ0) is 17.1. The van der Waals surface area contributed by atoms with Gasteiger partial charge >= 0.3 is 0 Å². The second-order valence-electron chi connectivity index (χ2n) is 5.55. The summed E-state index contributed by atoms with van der Waals surface area (Å²) in [6, 6.07) is 17.9. The lowest BCUT2D eigenvalue weighted by molar-refractivity contribution is 0.102. The van der Waals surface area contributed by atoms with E-state index >= 15 is 0 Å². The molecule has 1 saturated heterocycles. The van der Waals surface area contributed by atoms with Gasteiger partial charge in [0.15, 0.2) is 5.13 Å². The van der Waals surface area contributed by atoms with Crippen LogP contribution in [0.1, 0.15) is 20.5 Å². The van der Waals surface area contributed by atoms with Crippen LogP contribution in [0.25, 0.3) is 11.3 Å². The Kier molecular flexibility index (Phi) is 5.10. The second kappa shape index (κ2) is 7.64. The number of amides is 1. The van der Waals surface area contributed by atoms with Gasteiger partial charge < -0.3 is 0 Å².